The highest BCUT2D eigenvalue weighted by molar-refractivity contribution is 5.92. The standard InChI is InChI=1S/C10H13N3O3/c11-6-1-2-7(12-3-6)10(16)13-4-8(14)9(15)5-13/h1-3,8-9,14-15H,4-5,11H2/t8-,9+. The van der Waals surface area contributed by atoms with Gasteiger partial charge in [-0.15, -0.1) is 0 Å². The minimum absolute atomic E-state index is 0.131. The van der Waals surface area contributed by atoms with Gasteiger partial charge in [0.15, 0.2) is 0 Å². The summed E-state index contributed by atoms with van der Waals surface area (Å²) in [6.45, 7) is 0.262. The van der Waals surface area contributed by atoms with Crippen LogP contribution in [0.4, 0.5) is 5.69 Å². The summed E-state index contributed by atoms with van der Waals surface area (Å²) >= 11 is 0. The van der Waals surface area contributed by atoms with Crippen molar-refractivity contribution in [3.63, 3.8) is 0 Å². The molecule has 0 spiro atoms. The average Bonchev–Trinajstić information content (AvgIpc) is 2.59. The summed E-state index contributed by atoms with van der Waals surface area (Å²) in [5.74, 6) is -0.310. The van der Waals surface area contributed by atoms with Crippen LogP contribution in [-0.2, 0) is 0 Å². The first-order chi connectivity index (χ1) is 7.58. The van der Waals surface area contributed by atoms with Crippen molar-refractivity contribution in [2.75, 3.05) is 18.8 Å². The second-order valence-electron chi connectivity index (χ2n) is 3.82. The molecule has 1 aromatic rings. The summed E-state index contributed by atoms with van der Waals surface area (Å²) in [6.07, 6.45) is -0.355. The van der Waals surface area contributed by atoms with E-state index in [4.69, 9.17) is 5.73 Å². The van der Waals surface area contributed by atoms with Crippen molar-refractivity contribution in [1.29, 1.82) is 0 Å². The third-order valence-corrected chi connectivity index (χ3v) is 2.55. The highest BCUT2D eigenvalue weighted by Gasteiger charge is 2.33. The molecule has 1 aliphatic heterocycles. The summed E-state index contributed by atoms with van der Waals surface area (Å²) in [5.41, 5.74) is 6.20. The lowest BCUT2D eigenvalue weighted by atomic mass is 10.3. The van der Waals surface area contributed by atoms with Gasteiger partial charge in [-0.2, -0.15) is 0 Å². The zero-order chi connectivity index (χ0) is 11.7. The normalized spacial score (nSPS) is 24.8. The molecule has 0 bridgehead atoms. The molecule has 2 rings (SSSR count). The molecule has 6 nitrogen and oxygen atoms in total. The van der Waals surface area contributed by atoms with E-state index in [1.54, 1.807) is 6.07 Å². The maximum Gasteiger partial charge on any atom is 0.272 e. The van der Waals surface area contributed by atoms with Crippen LogP contribution in [0.25, 0.3) is 0 Å². The van der Waals surface area contributed by atoms with Gasteiger partial charge in [0.2, 0.25) is 0 Å². The number of nitrogen functional groups attached to an aromatic ring is 1. The molecule has 1 amide bonds. The number of hydrogen-bond donors (Lipinski definition) is 3. The van der Waals surface area contributed by atoms with Crippen LogP contribution in [0, 0.1) is 0 Å². The molecule has 16 heavy (non-hydrogen) atoms. The van der Waals surface area contributed by atoms with E-state index in [2.05, 4.69) is 4.98 Å². The number of likely N-dealkylation sites (tertiary alicyclic amines) is 1. The average molecular weight is 223 g/mol. The summed E-state index contributed by atoms with van der Waals surface area (Å²) < 4.78 is 0. The molecular weight excluding hydrogens is 210 g/mol. The third-order valence-electron chi connectivity index (χ3n) is 2.55. The fourth-order valence-electron chi connectivity index (χ4n) is 1.63. The lowest BCUT2D eigenvalue weighted by Crippen LogP contribution is -2.30. The number of aliphatic hydroxyl groups excluding tert-OH is 2. The highest BCUT2D eigenvalue weighted by Crippen LogP contribution is 2.13. The zero-order valence-corrected chi connectivity index (χ0v) is 8.58. The SMILES string of the molecule is Nc1ccc(C(=O)N2C[C@@H](O)[C@@H](O)C2)nc1. The summed E-state index contributed by atoms with van der Waals surface area (Å²) in [5, 5.41) is 18.6. The molecular formula is C10H13N3O3. The molecule has 86 valence electrons. The molecule has 0 radical (unpaired) electrons. The smallest absolute Gasteiger partial charge is 0.272 e. The van der Waals surface area contributed by atoms with Gasteiger partial charge >= 0.3 is 0 Å². The van der Waals surface area contributed by atoms with Gasteiger partial charge in [0.1, 0.15) is 5.69 Å². The van der Waals surface area contributed by atoms with E-state index in [0.717, 1.165) is 0 Å². The first-order valence-corrected chi connectivity index (χ1v) is 4.95. The van der Waals surface area contributed by atoms with Crippen molar-refractivity contribution in [1.82, 2.24) is 9.88 Å². The number of pyridine rings is 1. The van der Waals surface area contributed by atoms with E-state index in [0.29, 0.717) is 5.69 Å². The first kappa shape index (κ1) is 10.8. The maximum atomic E-state index is 11.8. The number of amides is 1. The van der Waals surface area contributed by atoms with E-state index in [1.165, 1.54) is 17.2 Å². The summed E-state index contributed by atoms with van der Waals surface area (Å²) in [6, 6.07) is 3.11. The van der Waals surface area contributed by atoms with Crippen LogP contribution in [0.1, 0.15) is 10.5 Å². The van der Waals surface area contributed by atoms with Gasteiger partial charge in [0.05, 0.1) is 24.1 Å². The molecule has 0 saturated carbocycles. The van der Waals surface area contributed by atoms with Crippen molar-refractivity contribution in [2.24, 2.45) is 0 Å². The Morgan fingerprint density at radius 2 is 2.00 bits per heavy atom. The Morgan fingerprint density at radius 1 is 1.38 bits per heavy atom. The van der Waals surface area contributed by atoms with Gasteiger partial charge in [0, 0.05) is 13.1 Å². The second kappa shape index (κ2) is 4.07. The van der Waals surface area contributed by atoms with Gasteiger partial charge < -0.3 is 20.8 Å². The maximum absolute atomic E-state index is 11.8. The molecule has 0 unspecified atom stereocenters. The largest absolute Gasteiger partial charge is 0.397 e. The zero-order valence-electron chi connectivity index (χ0n) is 8.58. The summed E-state index contributed by atoms with van der Waals surface area (Å²) in [7, 11) is 0. The van der Waals surface area contributed by atoms with Gasteiger partial charge in [-0.25, -0.2) is 4.98 Å². The molecule has 1 fully saturated rings. The van der Waals surface area contributed by atoms with Crippen molar-refractivity contribution in [2.45, 2.75) is 12.2 Å². The second-order valence-corrected chi connectivity index (χ2v) is 3.82. The number of anilines is 1. The Hall–Kier alpha value is -1.66. The van der Waals surface area contributed by atoms with E-state index in [1.807, 2.05) is 0 Å². The fraction of sp³-hybridized carbons (Fsp3) is 0.400. The number of carbonyl (C=O) groups excluding carboxylic acids is 1. The Bertz CT molecular complexity index is 383. The van der Waals surface area contributed by atoms with Crippen LogP contribution in [0.3, 0.4) is 0 Å². The number of aliphatic hydroxyl groups is 2. The number of nitrogens with two attached hydrogens (primary N) is 1. The lowest BCUT2D eigenvalue weighted by Gasteiger charge is -2.14. The Morgan fingerprint density at radius 3 is 2.50 bits per heavy atom. The molecule has 2 atom stereocenters. The van der Waals surface area contributed by atoms with E-state index in [9.17, 15) is 15.0 Å². The van der Waals surface area contributed by atoms with Crippen LogP contribution in [0.15, 0.2) is 18.3 Å². The molecule has 1 aromatic heterocycles. The van der Waals surface area contributed by atoms with E-state index in [-0.39, 0.29) is 24.7 Å². The minimum Gasteiger partial charge on any atom is -0.397 e. The number of carbonyl (C=O) groups is 1. The van der Waals surface area contributed by atoms with Crippen LogP contribution in [0.2, 0.25) is 0 Å². The van der Waals surface area contributed by atoms with Gasteiger partial charge in [0.25, 0.3) is 5.91 Å². The Labute approximate surface area is 92.3 Å². The van der Waals surface area contributed by atoms with E-state index >= 15 is 0 Å². The molecule has 4 N–H and O–H groups in total. The molecule has 1 saturated heterocycles. The predicted octanol–water partition coefficient (Wildman–Crippen LogP) is -1.16. The number of nitrogens with zero attached hydrogens (tertiary/aromatic N) is 2. The third kappa shape index (κ3) is 1.98. The van der Waals surface area contributed by atoms with Crippen molar-refractivity contribution in [3.05, 3.63) is 24.0 Å². The topological polar surface area (TPSA) is 99.7 Å². The Kier molecular flexibility index (Phi) is 2.76. The minimum atomic E-state index is -0.877. The number of aromatic nitrogens is 1. The molecule has 1 aliphatic rings. The summed E-state index contributed by atoms with van der Waals surface area (Å²) in [4.78, 5) is 17.1. The predicted molar refractivity (Wildman–Crippen MR) is 56.6 cm³/mol. The molecule has 6 heteroatoms. The van der Waals surface area contributed by atoms with Crippen molar-refractivity contribution < 1.29 is 15.0 Å². The van der Waals surface area contributed by atoms with Crippen LogP contribution in [-0.4, -0.2) is 51.3 Å². The monoisotopic (exact) mass is 223 g/mol. The highest BCUT2D eigenvalue weighted by atomic mass is 16.3. The van der Waals surface area contributed by atoms with Gasteiger partial charge in [-0.3, -0.25) is 4.79 Å². The lowest BCUT2D eigenvalue weighted by molar-refractivity contribution is 0.0572. The fourth-order valence-corrected chi connectivity index (χ4v) is 1.63. The van der Waals surface area contributed by atoms with E-state index < -0.39 is 12.2 Å². The number of β-amino-alcohol motifs (C(OH)–C–C–N with tert-alkyl or cyclic N) is 2. The van der Waals surface area contributed by atoms with Crippen molar-refractivity contribution in [3.8, 4) is 0 Å². The van der Waals surface area contributed by atoms with Crippen molar-refractivity contribution >= 4 is 11.6 Å². The first-order valence-electron chi connectivity index (χ1n) is 4.95. The number of rotatable bonds is 1. The molecule has 2 heterocycles. The molecule has 0 aromatic carbocycles. The number of hydrogen-bond acceptors (Lipinski definition) is 5. The van der Waals surface area contributed by atoms with Gasteiger partial charge in [-0.1, -0.05) is 0 Å². The van der Waals surface area contributed by atoms with Crippen LogP contribution in [0.5, 0.6) is 0 Å². The van der Waals surface area contributed by atoms with Crippen LogP contribution >= 0.6 is 0 Å². The van der Waals surface area contributed by atoms with Gasteiger partial charge in [-0.05, 0) is 12.1 Å². The quantitative estimate of drug-likeness (QED) is 0.557. The van der Waals surface area contributed by atoms with Crippen LogP contribution < -0.4 is 5.73 Å². The Balaban J connectivity index is 2.11. The molecule has 0 aliphatic carbocycles.